The molecule has 1 atom stereocenters. The zero-order valence-electron chi connectivity index (χ0n) is 11.4. The molecule has 0 fully saturated rings. The van der Waals surface area contributed by atoms with Crippen molar-refractivity contribution in [2.75, 3.05) is 20.1 Å². The fraction of sp³-hybridized carbons (Fsp3) is 0.533. The first-order valence-electron chi connectivity index (χ1n) is 6.68. The maximum absolute atomic E-state index is 12.2. The van der Waals surface area contributed by atoms with Gasteiger partial charge in [0, 0.05) is 20.1 Å². The van der Waals surface area contributed by atoms with Gasteiger partial charge in [0.1, 0.15) is 0 Å². The maximum atomic E-state index is 12.2. The minimum Gasteiger partial charge on any atom is -0.345 e. The number of rotatable bonds is 7. The zero-order chi connectivity index (χ0) is 13.4. The van der Waals surface area contributed by atoms with Gasteiger partial charge in [0.05, 0.1) is 5.92 Å². The largest absolute Gasteiger partial charge is 0.345 e. The Kier molecular flexibility index (Phi) is 6.44. The minimum absolute atomic E-state index is 0.103. The molecule has 3 nitrogen and oxygen atoms in total. The molecular formula is C15H24N2O. The monoisotopic (exact) mass is 248 g/mol. The molecule has 1 aromatic rings. The van der Waals surface area contributed by atoms with Gasteiger partial charge in [0.15, 0.2) is 0 Å². The number of unbranched alkanes of at least 4 members (excludes halogenated alkanes) is 1. The summed E-state index contributed by atoms with van der Waals surface area (Å²) in [5.41, 5.74) is 6.91. The number of amides is 1. The number of carbonyl (C=O) groups is 1. The first-order chi connectivity index (χ1) is 8.69. The summed E-state index contributed by atoms with van der Waals surface area (Å²) in [7, 11) is 1.87. The van der Waals surface area contributed by atoms with Crippen LogP contribution in [-0.4, -0.2) is 30.9 Å². The van der Waals surface area contributed by atoms with E-state index in [1.54, 1.807) is 0 Å². The Morgan fingerprint density at radius 2 is 2.00 bits per heavy atom. The number of carbonyl (C=O) groups excluding carboxylic acids is 1. The standard InChI is InChI=1S/C15H24N2O/c1-3-4-10-17(2)15(18)14(12-16)11-13-8-6-5-7-9-13/h5-9,14H,3-4,10-12,16H2,1-2H3. The van der Waals surface area contributed by atoms with Crippen molar-refractivity contribution in [3.05, 3.63) is 35.9 Å². The van der Waals surface area contributed by atoms with E-state index in [9.17, 15) is 4.79 Å². The quantitative estimate of drug-likeness (QED) is 0.803. The molecule has 1 rings (SSSR count). The van der Waals surface area contributed by atoms with Crippen molar-refractivity contribution in [1.82, 2.24) is 4.90 Å². The molecule has 18 heavy (non-hydrogen) atoms. The van der Waals surface area contributed by atoms with Gasteiger partial charge < -0.3 is 10.6 Å². The lowest BCUT2D eigenvalue weighted by atomic mass is 9.98. The molecule has 1 amide bonds. The predicted molar refractivity (Wildman–Crippen MR) is 75.2 cm³/mol. The topological polar surface area (TPSA) is 46.3 Å². The molecule has 0 radical (unpaired) electrons. The van der Waals surface area contributed by atoms with Gasteiger partial charge in [0.25, 0.3) is 0 Å². The molecule has 0 aliphatic heterocycles. The van der Waals surface area contributed by atoms with Gasteiger partial charge in [0.2, 0.25) is 5.91 Å². The van der Waals surface area contributed by atoms with Crippen molar-refractivity contribution in [3.63, 3.8) is 0 Å². The van der Waals surface area contributed by atoms with E-state index < -0.39 is 0 Å². The van der Waals surface area contributed by atoms with Crippen molar-refractivity contribution in [2.45, 2.75) is 26.2 Å². The third-order valence-corrected chi connectivity index (χ3v) is 3.18. The normalized spacial score (nSPS) is 12.2. The number of nitrogens with two attached hydrogens (primary N) is 1. The minimum atomic E-state index is -0.103. The van der Waals surface area contributed by atoms with Gasteiger partial charge in [-0.25, -0.2) is 0 Å². The van der Waals surface area contributed by atoms with E-state index in [0.717, 1.165) is 25.8 Å². The van der Waals surface area contributed by atoms with Crippen LogP contribution >= 0.6 is 0 Å². The van der Waals surface area contributed by atoms with Gasteiger partial charge in [-0.2, -0.15) is 0 Å². The number of nitrogens with zero attached hydrogens (tertiary/aromatic N) is 1. The van der Waals surface area contributed by atoms with Crippen molar-refractivity contribution in [2.24, 2.45) is 11.7 Å². The van der Waals surface area contributed by atoms with E-state index >= 15 is 0 Å². The van der Waals surface area contributed by atoms with Crippen LogP contribution in [-0.2, 0) is 11.2 Å². The van der Waals surface area contributed by atoms with E-state index in [1.165, 1.54) is 5.56 Å². The lowest BCUT2D eigenvalue weighted by Crippen LogP contribution is -2.38. The predicted octanol–water partition coefficient (Wildman–Crippen LogP) is 2.06. The molecule has 0 saturated heterocycles. The third-order valence-electron chi connectivity index (χ3n) is 3.18. The molecule has 0 heterocycles. The van der Waals surface area contributed by atoms with Crippen LogP contribution in [0.1, 0.15) is 25.3 Å². The van der Waals surface area contributed by atoms with Gasteiger partial charge in [-0.05, 0) is 18.4 Å². The Bertz CT molecular complexity index is 351. The second kappa shape index (κ2) is 7.88. The summed E-state index contributed by atoms with van der Waals surface area (Å²) in [5.74, 6) is 0.0593. The number of hydrogen-bond acceptors (Lipinski definition) is 2. The Balaban J connectivity index is 2.57. The molecule has 0 aromatic heterocycles. The summed E-state index contributed by atoms with van der Waals surface area (Å²) < 4.78 is 0. The van der Waals surface area contributed by atoms with E-state index in [-0.39, 0.29) is 11.8 Å². The maximum Gasteiger partial charge on any atom is 0.227 e. The van der Waals surface area contributed by atoms with Crippen LogP contribution in [0.3, 0.4) is 0 Å². The fourth-order valence-electron chi connectivity index (χ4n) is 1.99. The smallest absolute Gasteiger partial charge is 0.227 e. The molecule has 3 heteroatoms. The van der Waals surface area contributed by atoms with Crippen LogP contribution in [0, 0.1) is 5.92 Å². The molecule has 0 saturated carbocycles. The third kappa shape index (κ3) is 4.49. The van der Waals surface area contributed by atoms with Crippen LogP contribution in [0.25, 0.3) is 0 Å². The van der Waals surface area contributed by atoms with Crippen molar-refractivity contribution >= 4 is 5.91 Å². The molecule has 0 bridgehead atoms. The first kappa shape index (κ1) is 14.7. The summed E-state index contributed by atoms with van der Waals surface area (Å²) >= 11 is 0. The van der Waals surface area contributed by atoms with Gasteiger partial charge in [-0.3, -0.25) is 4.79 Å². The average Bonchev–Trinajstić information content (AvgIpc) is 2.42. The van der Waals surface area contributed by atoms with E-state index in [0.29, 0.717) is 6.54 Å². The van der Waals surface area contributed by atoms with Crippen molar-refractivity contribution < 1.29 is 4.79 Å². The SMILES string of the molecule is CCCCN(C)C(=O)C(CN)Cc1ccccc1. The molecule has 0 aliphatic rings. The van der Waals surface area contributed by atoms with E-state index in [4.69, 9.17) is 5.73 Å². The summed E-state index contributed by atoms with van der Waals surface area (Å²) in [6, 6.07) is 10.1. The first-order valence-corrected chi connectivity index (χ1v) is 6.68. The molecule has 1 unspecified atom stereocenters. The highest BCUT2D eigenvalue weighted by Crippen LogP contribution is 2.10. The lowest BCUT2D eigenvalue weighted by molar-refractivity contribution is -0.133. The Morgan fingerprint density at radius 1 is 1.33 bits per heavy atom. The van der Waals surface area contributed by atoms with Crippen LogP contribution in [0.2, 0.25) is 0 Å². The number of hydrogen-bond donors (Lipinski definition) is 1. The van der Waals surface area contributed by atoms with Crippen LogP contribution in [0.15, 0.2) is 30.3 Å². The average molecular weight is 248 g/mol. The van der Waals surface area contributed by atoms with Gasteiger partial charge >= 0.3 is 0 Å². The molecule has 100 valence electrons. The summed E-state index contributed by atoms with van der Waals surface area (Å²) in [5, 5.41) is 0. The van der Waals surface area contributed by atoms with Gasteiger partial charge in [-0.15, -0.1) is 0 Å². The highest BCUT2D eigenvalue weighted by atomic mass is 16.2. The number of benzene rings is 1. The molecule has 2 N–H and O–H groups in total. The summed E-state index contributed by atoms with van der Waals surface area (Å²) in [6.45, 7) is 3.35. The second-order valence-electron chi connectivity index (χ2n) is 4.74. The highest BCUT2D eigenvalue weighted by Gasteiger charge is 2.20. The van der Waals surface area contributed by atoms with Crippen LogP contribution < -0.4 is 5.73 Å². The molecule has 0 aliphatic carbocycles. The fourth-order valence-corrected chi connectivity index (χ4v) is 1.99. The Labute approximate surface area is 110 Å². The Morgan fingerprint density at radius 3 is 2.56 bits per heavy atom. The second-order valence-corrected chi connectivity index (χ2v) is 4.74. The lowest BCUT2D eigenvalue weighted by Gasteiger charge is -2.22. The van der Waals surface area contributed by atoms with Crippen molar-refractivity contribution in [1.29, 1.82) is 0 Å². The Hall–Kier alpha value is -1.35. The zero-order valence-corrected chi connectivity index (χ0v) is 11.4. The molecule has 0 spiro atoms. The highest BCUT2D eigenvalue weighted by molar-refractivity contribution is 5.79. The van der Waals surface area contributed by atoms with E-state index in [2.05, 4.69) is 6.92 Å². The molecular weight excluding hydrogens is 224 g/mol. The molecule has 1 aromatic carbocycles. The van der Waals surface area contributed by atoms with Crippen molar-refractivity contribution in [3.8, 4) is 0 Å². The van der Waals surface area contributed by atoms with Gasteiger partial charge in [-0.1, -0.05) is 43.7 Å². The summed E-state index contributed by atoms with van der Waals surface area (Å²) in [6.07, 6.45) is 2.88. The van der Waals surface area contributed by atoms with E-state index in [1.807, 2.05) is 42.3 Å². The van der Waals surface area contributed by atoms with Crippen LogP contribution in [0.4, 0.5) is 0 Å². The van der Waals surface area contributed by atoms with Crippen LogP contribution in [0.5, 0.6) is 0 Å². The summed E-state index contributed by atoms with van der Waals surface area (Å²) in [4.78, 5) is 14.0.